The van der Waals surface area contributed by atoms with Crippen LogP contribution in [-0.4, -0.2) is 23.2 Å². The standard InChI is InChI=1S/C18H20NO3.2C2H6.Y/c1-13-4-8-15(9-5-13)19-17(20)18(3,21)12-22-16-10-6-14(2)7-11-16;2*1-2;/h4,6-11,21H,12H2,1-3H3,(H,19,20);2*1-2H3;/q-1;;;/t18-;;;/m0.../s1. The Morgan fingerprint density at radius 1 is 1.07 bits per heavy atom. The van der Waals surface area contributed by atoms with Crippen molar-refractivity contribution >= 4 is 11.6 Å². The van der Waals surface area contributed by atoms with Gasteiger partial charge in [-0.05, 0) is 26.0 Å². The van der Waals surface area contributed by atoms with Crippen molar-refractivity contribution in [2.75, 3.05) is 11.9 Å². The monoisotopic (exact) mass is 447 g/mol. The topological polar surface area (TPSA) is 58.6 Å². The number of ether oxygens (including phenoxy) is 1. The molecular weight excluding hydrogens is 415 g/mol. The van der Waals surface area contributed by atoms with Gasteiger partial charge in [0.15, 0.2) is 5.60 Å². The van der Waals surface area contributed by atoms with Crippen LogP contribution >= 0.6 is 0 Å². The number of benzene rings is 2. The molecule has 4 nitrogen and oxygen atoms in total. The van der Waals surface area contributed by atoms with Crippen LogP contribution in [0, 0.1) is 19.9 Å². The molecule has 0 unspecified atom stereocenters. The molecule has 2 rings (SSSR count). The van der Waals surface area contributed by atoms with Gasteiger partial charge in [-0.2, -0.15) is 23.8 Å². The zero-order chi connectivity index (χ0) is 20.2. The van der Waals surface area contributed by atoms with E-state index < -0.39 is 11.5 Å². The maximum atomic E-state index is 12.1. The van der Waals surface area contributed by atoms with Crippen molar-refractivity contribution in [1.29, 1.82) is 0 Å². The molecule has 0 aliphatic heterocycles. The van der Waals surface area contributed by atoms with E-state index in [9.17, 15) is 9.90 Å². The average Bonchev–Trinajstić information content (AvgIpc) is 2.66. The van der Waals surface area contributed by atoms with Crippen LogP contribution in [0.25, 0.3) is 0 Å². The number of carbonyl (C=O) groups excluding carboxylic acids is 1. The molecule has 0 bridgehead atoms. The number of carbonyl (C=O) groups is 1. The fourth-order valence-electron chi connectivity index (χ4n) is 1.77. The van der Waals surface area contributed by atoms with Crippen LogP contribution in [0.4, 0.5) is 5.69 Å². The summed E-state index contributed by atoms with van der Waals surface area (Å²) in [4.78, 5) is 12.1. The summed E-state index contributed by atoms with van der Waals surface area (Å²) in [5.41, 5.74) is 1.06. The Kier molecular flexibility index (Phi) is 15.3. The predicted octanol–water partition coefficient (Wildman–Crippen LogP) is 4.92. The van der Waals surface area contributed by atoms with Crippen LogP contribution in [0.3, 0.4) is 0 Å². The Labute approximate surface area is 189 Å². The second-order valence-corrected chi connectivity index (χ2v) is 5.59. The van der Waals surface area contributed by atoms with Gasteiger partial charge in [-0.25, -0.2) is 0 Å². The maximum Gasteiger partial charge on any atom is 0.248 e. The summed E-state index contributed by atoms with van der Waals surface area (Å²) in [6.07, 6.45) is 0. The molecule has 0 saturated heterocycles. The van der Waals surface area contributed by atoms with Gasteiger partial charge >= 0.3 is 0 Å². The van der Waals surface area contributed by atoms with Crippen molar-refractivity contribution in [1.82, 2.24) is 0 Å². The fraction of sp³-hybridized carbons (Fsp3) is 0.409. The second kappa shape index (κ2) is 14.8. The molecule has 2 N–H and O–H groups in total. The number of anilines is 1. The van der Waals surface area contributed by atoms with E-state index in [0.29, 0.717) is 11.4 Å². The number of rotatable bonds is 5. The van der Waals surface area contributed by atoms with E-state index in [1.165, 1.54) is 6.92 Å². The molecule has 5 heteroatoms. The molecule has 0 saturated carbocycles. The van der Waals surface area contributed by atoms with Crippen molar-refractivity contribution in [3.8, 4) is 5.75 Å². The average molecular weight is 447 g/mol. The normalized spacial score (nSPS) is 11.3. The molecule has 147 valence electrons. The minimum atomic E-state index is -1.63. The van der Waals surface area contributed by atoms with E-state index in [1.54, 1.807) is 24.3 Å². The van der Waals surface area contributed by atoms with Gasteiger partial charge in [0.25, 0.3) is 0 Å². The minimum Gasteiger partial charge on any atom is -0.490 e. The molecule has 27 heavy (non-hydrogen) atoms. The summed E-state index contributed by atoms with van der Waals surface area (Å²) in [7, 11) is 0. The van der Waals surface area contributed by atoms with Crippen molar-refractivity contribution < 1.29 is 47.3 Å². The molecule has 1 radical (unpaired) electrons. The number of amides is 1. The summed E-state index contributed by atoms with van der Waals surface area (Å²) in [6.45, 7) is 13.2. The molecule has 1 atom stereocenters. The number of hydrogen-bond acceptors (Lipinski definition) is 3. The van der Waals surface area contributed by atoms with Gasteiger partial charge in [0.05, 0.1) is 0 Å². The van der Waals surface area contributed by atoms with Crippen molar-refractivity contribution in [3.63, 3.8) is 0 Å². The summed E-state index contributed by atoms with van der Waals surface area (Å²) < 4.78 is 5.49. The molecule has 0 heterocycles. The first-order valence-corrected chi connectivity index (χ1v) is 9.08. The number of nitrogens with one attached hydrogen (secondary N) is 1. The van der Waals surface area contributed by atoms with Gasteiger partial charge < -0.3 is 15.2 Å². The first kappa shape index (κ1) is 28.0. The van der Waals surface area contributed by atoms with Crippen molar-refractivity contribution in [2.45, 2.75) is 54.1 Å². The zero-order valence-corrected chi connectivity index (χ0v) is 20.4. The van der Waals surface area contributed by atoms with Gasteiger partial charge in [0.2, 0.25) is 5.91 Å². The van der Waals surface area contributed by atoms with Gasteiger partial charge in [-0.15, -0.1) is 6.07 Å². The molecule has 0 aliphatic carbocycles. The third-order valence-electron chi connectivity index (χ3n) is 3.26. The predicted molar refractivity (Wildman–Crippen MR) is 109 cm³/mol. The van der Waals surface area contributed by atoms with Crippen LogP contribution in [0.5, 0.6) is 5.75 Å². The quantitative estimate of drug-likeness (QED) is 0.640. The maximum absolute atomic E-state index is 12.1. The number of aliphatic hydroxyl groups is 1. The Bertz CT molecular complexity index is 638. The minimum absolute atomic E-state index is 0. The molecule has 0 spiro atoms. The van der Waals surface area contributed by atoms with Crippen molar-refractivity contribution in [2.24, 2.45) is 0 Å². The number of hydrogen-bond donors (Lipinski definition) is 2. The summed E-state index contributed by atoms with van der Waals surface area (Å²) >= 11 is 0. The van der Waals surface area contributed by atoms with Crippen LogP contribution in [0.15, 0.2) is 42.5 Å². The molecule has 2 aromatic carbocycles. The summed E-state index contributed by atoms with van der Waals surface area (Å²) in [6, 6.07) is 15.7. The van der Waals surface area contributed by atoms with Gasteiger partial charge in [-0.3, -0.25) is 4.79 Å². The van der Waals surface area contributed by atoms with Crippen LogP contribution in [-0.2, 0) is 37.5 Å². The van der Waals surface area contributed by atoms with E-state index in [1.807, 2.05) is 59.7 Å². The molecule has 0 aromatic heterocycles. The van der Waals surface area contributed by atoms with Crippen molar-refractivity contribution in [3.05, 3.63) is 59.7 Å². The third kappa shape index (κ3) is 10.6. The molecule has 1 amide bonds. The third-order valence-corrected chi connectivity index (χ3v) is 3.26. The van der Waals surface area contributed by atoms with Gasteiger partial charge in [-0.1, -0.05) is 58.0 Å². The molecule has 0 aliphatic rings. The Morgan fingerprint density at radius 3 is 2.11 bits per heavy atom. The van der Waals surface area contributed by atoms with E-state index in [4.69, 9.17) is 4.74 Å². The number of aryl methyl sites for hydroxylation is 2. The SMILES string of the molecule is CC.CC.Cc1[c-]cc(NC(=O)[C@@](C)(O)COc2ccc(C)cc2)cc1.[Y]. The van der Waals surface area contributed by atoms with Crippen LogP contribution in [0.1, 0.15) is 45.7 Å². The van der Waals surface area contributed by atoms with E-state index in [2.05, 4.69) is 11.4 Å². The van der Waals surface area contributed by atoms with Gasteiger partial charge in [0, 0.05) is 32.7 Å². The van der Waals surface area contributed by atoms with Gasteiger partial charge in [0.1, 0.15) is 12.4 Å². The first-order valence-electron chi connectivity index (χ1n) is 9.08. The van der Waals surface area contributed by atoms with E-state index in [-0.39, 0.29) is 39.3 Å². The second-order valence-electron chi connectivity index (χ2n) is 5.59. The molecule has 0 fully saturated rings. The molecule has 2 aromatic rings. The fourth-order valence-corrected chi connectivity index (χ4v) is 1.77. The zero-order valence-electron chi connectivity index (χ0n) is 17.6. The summed E-state index contributed by atoms with van der Waals surface area (Å²) in [5.74, 6) is 0.0965. The Balaban J connectivity index is 0. The Hall–Kier alpha value is -1.23. The van der Waals surface area contributed by atoms with Crippen LogP contribution < -0.4 is 10.1 Å². The smallest absolute Gasteiger partial charge is 0.248 e. The van der Waals surface area contributed by atoms with E-state index >= 15 is 0 Å². The molecular formula is C22H32NO3Y-. The van der Waals surface area contributed by atoms with Crippen LogP contribution in [0.2, 0.25) is 0 Å². The Morgan fingerprint density at radius 2 is 1.63 bits per heavy atom. The van der Waals surface area contributed by atoms with E-state index in [0.717, 1.165) is 11.1 Å². The summed E-state index contributed by atoms with van der Waals surface area (Å²) in [5, 5.41) is 12.9. The largest absolute Gasteiger partial charge is 0.490 e. The first-order chi connectivity index (χ1) is 12.4.